The van der Waals surface area contributed by atoms with Crippen LogP contribution >= 0.6 is 0 Å². The second-order valence-corrected chi connectivity index (χ2v) is 6.63. The number of ether oxygens (including phenoxy) is 3. The van der Waals surface area contributed by atoms with Crippen molar-refractivity contribution in [2.24, 2.45) is 0 Å². The SMILES string of the molecule is COc1cc(NS(=O)(=O)c2ccc(F)c(C(=O)[O-])c2)cc(OC)c1OC. The van der Waals surface area contributed by atoms with Gasteiger partial charge < -0.3 is 24.1 Å². The lowest BCUT2D eigenvalue weighted by molar-refractivity contribution is -0.255. The Labute approximate surface area is 149 Å². The van der Waals surface area contributed by atoms with E-state index in [9.17, 15) is 22.7 Å². The predicted octanol–water partition coefficient (Wildman–Crippen LogP) is 1.02. The van der Waals surface area contributed by atoms with Gasteiger partial charge in [0.05, 0.1) is 37.9 Å². The van der Waals surface area contributed by atoms with Crippen molar-refractivity contribution in [1.82, 2.24) is 0 Å². The van der Waals surface area contributed by atoms with Crippen LogP contribution in [0.3, 0.4) is 0 Å². The van der Waals surface area contributed by atoms with Crippen LogP contribution in [-0.4, -0.2) is 35.7 Å². The lowest BCUT2D eigenvalue weighted by atomic mass is 10.2. The molecule has 2 aromatic carbocycles. The van der Waals surface area contributed by atoms with Gasteiger partial charge in [-0.25, -0.2) is 12.8 Å². The van der Waals surface area contributed by atoms with Crippen molar-refractivity contribution in [3.63, 3.8) is 0 Å². The Morgan fingerprint density at radius 3 is 2.08 bits per heavy atom. The number of carboxylic acids is 1. The molecule has 2 rings (SSSR count). The standard InChI is InChI=1S/C16H16FNO7S/c1-23-13-6-9(7-14(24-2)15(13)25-3)18-26(21,22)10-4-5-12(17)11(8-10)16(19)20/h4-8,18H,1-3H3,(H,19,20)/p-1. The van der Waals surface area contributed by atoms with Gasteiger partial charge in [0, 0.05) is 17.7 Å². The summed E-state index contributed by atoms with van der Waals surface area (Å²) in [4.78, 5) is 10.4. The van der Waals surface area contributed by atoms with E-state index in [1.807, 2.05) is 0 Å². The van der Waals surface area contributed by atoms with Crippen molar-refractivity contribution >= 4 is 21.7 Å². The highest BCUT2D eigenvalue weighted by Gasteiger charge is 2.20. The average Bonchev–Trinajstić information content (AvgIpc) is 2.60. The summed E-state index contributed by atoms with van der Waals surface area (Å²) in [6, 6.07) is 5.03. The van der Waals surface area contributed by atoms with Crippen LogP contribution in [0, 0.1) is 5.82 Å². The van der Waals surface area contributed by atoms with Gasteiger partial charge in [-0.05, 0) is 18.2 Å². The first-order valence-electron chi connectivity index (χ1n) is 7.07. The van der Waals surface area contributed by atoms with Gasteiger partial charge in [-0.1, -0.05) is 0 Å². The third kappa shape index (κ3) is 3.80. The molecule has 140 valence electrons. The van der Waals surface area contributed by atoms with Gasteiger partial charge in [0.15, 0.2) is 11.5 Å². The van der Waals surface area contributed by atoms with Crippen molar-refractivity contribution in [3.8, 4) is 17.2 Å². The molecule has 0 spiro atoms. The molecule has 26 heavy (non-hydrogen) atoms. The van der Waals surface area contributed by atoms with E-state index in [-0.39, 0.29) is 22.9 Å². The molecule has 0 radical (unpaired) electrons. The first-order valence-corrected chi connectivity index (χ1v) is 8.55. The zero-order valence-corrected chi connectivity index (χ0v) is 14.8. The van der Waals surface area contributed by atoms with Crippen LogP contribution in [0.1, 0.15) is 10.4 Å². The monoisotopic (exact) mass is 384 g/mol. The van der Waals surface area contributed by atoms with Crippen molar-refractivity contribution in [2.45, 2.75) is 4.90 Å². The van der Waals surface area contributed by atoms with Crippen molar-refractivity contribution in [2.75, 3.05) is 26.1 Å². The number of carbonyl (C=O) groups is 1. The summed E-state index contributed by atoms with van der Waals surface area (Å²) in [5, 5.41) is 10.9. The molecule has 0 saturated carbocycles. The van der Waals surface area contributed by atoms with E-state index >= 15 is 0 Å². The molecule has 0 aliphatic carbocycles. The van der Waals surface area contributed by atoms with E-state index in [0.717, 1.165) is 12.1 Å². The van der Waals surface area contributed by atoms with Crippen molar-refractivity contribution in [1.29, 1.82) is 0 Å². The Morgan fingerprint density at radius 1 is 1.04 bits per heavy atom. The third-order valence-electron chi connectivity index (χ3n) is 3.38. The molecule has 0 amide bonds. The Balaban J connectivity index is 2.47. The summed E-state index contributed by atoms with van der Waals surface area (Å²) < 4.78 is 56.0. The number of hydrogen-bond acceptors (Lipinski definition) is 7. The highest BCUT2D eigenvalue weighted by Crippen LogP contribution is 2.40. The van der Waals surface area contributed by atoms with Gasteiger partial charge in [-0.3, -0.25) is 4.72 Å². The number of hydrogen-bond donors (Lipinski definition) is 1. The van der Waals surface area contributed by atoms with E-state index < -0.39 is 32.3 Å². The van der Waals surface area contributed by atoms with E-state index in [1.54, 1.807) is 0 Å². The van der Waals surface area contributed by atoms with Gasteiger partial charge >= 0.3 is 0 Å². The highest BCUT2D eigenvalue weighted by atomic mass is 32.2. The number of nitrogens with one attached hydrogen (secondary N) is 1. The fourth-order valence-electron chi connectivity index (χ4n) is 2.18. The largest absolute Gasteiger partial charge is 0.545 e. The number of halogens is 1. The fraction of sp³-hybridized carbons (Fsp3) is 0.188. The zero-order chi connectivity index (χ0) is 19.5. The number of carboxylic acid groups (broad SMARTS) is 1. The second-order valence-electron chi connectivity index (χ2n) is 4.95. The van der Waals surface area contributed by atoms with Crippen LogP contribution in [0.5, 0.6) is 17.2 Å². The maximum Gasteiger partial charge on any atom is 0.261 e. The molecule has 2 aromatic rings. The summed E-state index contributed by atoms with van der Waals surface area (Å²) in [5.74, 6) is -2.25. The predicted molar refractivity (Wildman–Crippen MR) is 87.6 cm³/mol. The molecular weight excluding hydrogens is 369 g/mol. The number of rotatable bonds is 7. The van der Waals surface area contributed by atoms with Crippen molar-refractivity contribution < 1.29 is 36.9 Å². The van der Waals surface area contributed by atoms with Gasteiger partial charge in [-0.2, -0.15) is 0 Å². The topological polar surface area (TPSA) is 114 Å². The normalized spacial score (nSPS) is 10.9. The number of carbonyl (C=O) groups excluding carboxylic acids is 1. The van der Waals surface area contributed by atoms with Crippen LogP contribution in [0.4, 0.5) is 10.1 Å². The molecule has 8 nitrogen and oxygen atoms in total. The number of anilines is 1. The summed E-state index contributed by atoms with van der Waals surface area (Å²) >= 11 is 0. The lowest BCUT2D eigenvalue weighted by Gasteiger charge is -2.15. The Morgan fingerprint density at radius 2 is 1.62 bits per heavy atom. The van der Waals surface area contributed by atoms with Gasteiger partial charge in [0.2, 0.25) is 5.75 Å². The quantitative estimate of drug-likeness (QED) is 0.758. The van der Waals surface area contributed by atoms with Crippen LogP contribution in [0.15, 0.2) is 35.2 Å². The molecule has 0 fully saturated rings. The number of benzene rings is 2. The summed E-state index contributed by atoms with van der Waals surface area (Å²) in [6.45, 7) is 0. The molecule has 0 unspecified atom stereocenters. The maximum absolute atomic E-state index is 13.4. The third-order valence-corrected chi connectivity index (χ3v) is 4.76. The minimum absolute atomic E-state index is 0.0684. The first kappa shape index (κ1) is 19.3. The van der Waals surface area contributed by atoms with E-state index in [1.165, 1.54) is 33.5 Å². The summed E-state index contributed by atoms with van der Waals surface area (Å²) in [6.07, 6.45) is 0. The van der Waals surface area contributed by atoms with Crippen LogP contribution in [0.25, 0.3) is 0 Å². The molecule has 0 bridgehead atoms. The van der Waals surface area contributed by atoms with Crippen molar-refractivity contribution in [3.05, 3.63) is 41.7 Å². The van der Waals surface area contributed by atoms with Crippen LogP contribution in [0.2, 0.25) is 0 Å². The first-order chi connectivity index (χ1) is 12.2. The average molecular weight is 384 g/mol. The smallest absolute Gasteiger partial charge is 0.261 e. The highest BCUT2D eigenvalue weighted by molar-refractivity contribution is 7.92. The minimum atomic E-state index is -4.22. The van der Waals surface area contributed by atoms with Gasteiger partial charge in [0.25, 0.3) is 10.0 Å². The Bertz CT molecular complexity index is 919. The maximum atomic E-state index is 13.4. The molecule has 0 saturated heterocycles. The minimum Gasteiger partial charge on any atom is -0.545 e. The van der Waals surface area contributed by atoms with Gasteiger partial charge in [0.1, 0.15) is 5.82 Å². The second kappa shape index (κ2) is 7.48. The van der Waals surface area contributed by atoms with Crippen LogP contribution < -0.4 is 24.0 Å². The van der Waals surface area contributed by atoms with E-state index in [0.29, 0.717) is 6.07 Å². The van der Waals surface area contributed by atoms with Crippen LogP contribution in [-0.2, 0) is 10.0 Å². The Hall–Kier alpha value is -3.01. The molecule has 0 aliphatic heterocycles. The molecular formula is C16H15FNO7S-. The molecule has 0 aromatic heterocycles. The fourth-order valence-corrected chi connectivity index (χ4v) is 3.25. The lowest BCUT2D eigenvalue weighted by Crippen LogP contribution is -2.24. The number of aromatic carboxylic acids is 1. The molecule has 0 atom stereocenters. The van der Waals surface area contributed by atoms with E-state index in [4.69, 9.17) is 14.2 Å². The zero-order valence-electron chi connectivity index (χ0n) is 14.0. The summed E-state index contributed by atoms with van der Waals surface area (Å²) in [5.41, 5.74) is -0.795. The van der Waals surface area contributed by atoms with E-state index in [2.05, 4.69) is 4.72 Å². The number of sulfonamides is 1. The number of methoxy groups -OCH3 is 3. The molecule has 0 heterocycles. The summed E-state index contributed by atoms with van der Waals surface area (Å²) in [7, 11) is -0.0967. The Kier molecular flexibility index (Phi) is 5.56. The molecule has 1 N–H and O–H groups in total. The van der Waals surface area contributed by atoms with Gasteiger partial charge in [-0.15, -0.1) is 0 Å². The molecule has 10 heteroatoms. The molecule has 0 aliphatic rings.